The number of hydrogen-bond donors (Lipinski definition) is 1. The van der Waals surface area contributed by atoms with E-state index in [1.165, 1.54) is 6.33 Å². The van der Waals surface area contributed by atoms with E-state index in [1.54, 1.807) is 31.0 Å². The van der Waals surface area contributed by atoms with E-state index in [0.717, 1.165) is 60.8 Å². The van der Waals surface area contributed by atoms with E-state index in [9.17, 15) is 13.2 Å². The van der Waals surface area contributed by atoms with Crippen molar-refractivity contribution >= 4 is 17.2 Å². The van der Waals surface area contributed by atoms with Crippen molar-refractivity contribution in [2.45, 2.75) is 56.7 Å². The summed E-state index contributed by atoms with van der Waals surface area (Å²) in [7, 11) is 3.33. The monoisotopic (exact) mass is 552 g/mol. The highest BCUT2D eigenvalue weighted by molar-refractivity contribution is 6.08. The third kappa shape index (κ3) is 4.79. The van der Waals surface area contributed by atoms with Gasteiger partial charge in [-0.1, -0.05) is 0 Å². The Morgan fingerprint density at radius 2 is 1.93 bits per heavy atom. The molecule has 210 valence electrons. The van der Waals surface area contributed by atoms with Gasteiger partial charge in [0.2, 0.25) is 5.88 Å². The maximum atomic E-state index is 13.5. The standard InChI is InChI=1S/C28H31F3N8O/c1-33-20-10-11-38(13-19(20)24(32)23-25(16-6-7-16)35-15-36-27(23)40-2)22-9-8-17(12-34-22)26-37-21(28(29,30)31)14-39(26)18-4-3-5-18/h8-9,12,14-16,18H,3-7,10-11,13,32H2,1-2H3/b24-19-,33-20?. The molecular weight excluding hydrogens is 521 g/mol. The number of aromatic nitrogens is 5. The Labute approximate surface area is 230 Å². The smallest absolute Gasteiger partial charge is 0.434 e. The van der Waals surface area contributed by atoms with Gasteiger partial charge in [-0.2, -0.15) is 13.2 Å². The fourth-order valence-corrected chi connectivity index (χ4v) is 5.44. The largest absolute Gasteiger partial charge is 0.480 e. The number of piperidine rings is 1. The van der Waals surface area contributed by atoms with Crippen LogP contribution in [0.15, 0.2) is 41.4 Å². The molecule has 4 heterocycles. The van der Waals surface area contributed by atoms with E-state index in [0.29, 0.717) is 54.2 Å². The first kappa shape index (κ1) is 26.3. The van der Waals surface area contributed by atoms with Gasteiger partial charge >= 0.3 is 6.18 Å². The highest BCUT2D eigenvalue weighted by Crippen LogP contribution is 2.44. The third-order valence-electron chi connectivity index (χ3n) is 8.00. The molecule has 1 aliphatic heterocycles. The molecule has 3 aromatic rings. The fraction of sp³-hybridized carbons (Fsp3) is 0.464. The van der Waals surface area contributed by atoms with E-state index >= 15 is 0 Å². The van der Waals surface area contributed by atoms with Crippen LogP contribution in [0.2, 0.25) is 0 Å². The zero-order valence-electron chi connectivity index (χ0n) is 22.4. The summed E-state index contributed by atoms with van der Waals surface area (Å²) in [6.45, 7) is 1.13. The number of nitrogens with two attached hydrogens (primary N) is 1. The second-order valence-corrected chi connectivity index (χ2v) is 10.5. The molecule has 0 bridgehead atoms. The van der Waals surface area contributed by atoms with Crippen LogP contribution in [-0.2, 0) is 6.18 Å². The van der Waals surface area contributed by atoms with Gasteiger partial charge in [0.15, 0.2) is 5.69 Å². The van der Waals surface area contributed by atoms with Gasteiger partial charge in [0.1, 0.15) is 18.0 Å². The Morgan fingerprint density at radius 1 is 1.12 bits per heavy atom. The van der Waals surface area contributed by atoms with E-state index < -0.39 is 11.9 Å². The number of nitrogens with zero attached hydrogens (tertiary/aromatic N) is 7. The molecule has 0 radical (unpaired) electrons. The summed E-state index contributed by atoms with van der Waals surface area (Å²) >= 11 is 0. The quantitative estimate of drug-likeness (QED) is 0.458. The van der Waals surface area contributed by atoms with Crippen LogP contribution in [0, 0.1) is 0 Å². The SMILES string of the molecule is CN=C1CCN(c2ccc(-c3nc(C(F)(F)F)cn3C3CCC3)cn2)C/C1=C(/N)c1c(OC)ncnc1C1CC1. The lowest BCUT2D eigenvalue weighted by Crippen LogP contribution is -2.37. The predicted molar refractivity (Wildman–Crippen MR) is 145 cm³/mol. The second-order valence-electron chi connectivity index (χ2n) is 10.5. The van der Waals surface area contributed by atoms with Gasteiger partial charge in [0.05, 0.1) is 24.1 Å². The lowest BCUT2D eigenvalue weighted by Gasteiger charge is -2.32. The summed E-state index contributed by atoms with van der Waals surface area (Å²) in [4.78, 5) is 24.0. The maximum Gasteiger partial charge on any atom is 0.434 e. The molecule has 1 saturated heterocycles. The molecule has 0 atom stereocenters. The van der Waals surface area contributed by atoms with Crippen LogP contribution in [0.3, 0.4) is 0 Å². The van der Waals surface area contributed by atoms with E-state index in [2.05, 4.69) is 29.8 Å². The minimum Gasteiger partial charge on any atom is -0.480 e. The Hall–Kier alpha value is -3.96. The first-order valence-corrected chi connectivity index (χ1v) is 13.5. The molecule has 2 aliphatic carbocycles. The molecule has 2 N–H and O–H groups in total. The maximum absolute atomic E-state index is 13.5. The summed E-state index contributed by atoms with van der Waals surface area (Å²) in [5.41, 5.74) is 10.4. The summed E-state index contributed by atoms with van der Waals surface area (Å²) in [5.74, 6) is 1.77. The van der Waals surface area contributed by atoms with Crippen LogP contribution in [0.4, 0.5) is 19.0 Å². The molecule has 6 rings (SSSR count). The Kier molecular flexibility index (Phi) is 6.71. The number of rotatable bonds is 6. The van der Waals surface area contributed by atoms with Crippen LogP contribution < -0.4 is 15.4 Å². The Bertz CT molecular complexity index is 1470. The first-order valence-electron chi connectivity index (χ1n) is 13.5. The van der Waals surface area contributed by atoms with Crippen LogP contribution in [0.1, 0.15) is 67.4 Å². The van der Waals surface area contributed by atoms with Crippen molar-refractivity contribution in [2.24, 2.45) is 10.7 Å². The molecule has 0 aromatic carbocycles. The number of pyridine rings is 1. The van der Waals surface area contributed by atoms with E-state index in [4.69, 9.17) is 10.5 Å². The molecule has 0 unspecified atom stereocenters. The number of ether oxygens (including phenoxy) is 1. The normalized spacial score (nSPS) is 20.5. The number of aliphatic imine (C=N–C) groups is 1. The Balaban J connectivity index is 1.32. The minimum atomic E-state index is -4.50. The molecular formula is C28H31F3N8O. The van der Waals surface area contributed by atoms with Crippen molar-refractivity contribution in [1.82, 2.24) is 24.5 Å². The molecule has 2 saturated carbocycles. The summed E-state index contributed by atoms with van der Waals surface area (Å²) in [6, 6.07) is 3.64. The van der Waals surface area contributed by atoms with Crippen molar-refractivity contribution in [3.8, 4) is 17.3 Å². The summed E-state index contributed by atoms with van der Waals surface area (Å²) < 4.78 is 47.6. The van der Waals surface area contributed by atoms with Crippen molar-refractivity contribution in [1.29, 1.82) is 0 Å². The van der Waals surface area contributed by atoms with Crippen molar-refractivity contribution < 1.29 is 17.9 Å². The van der Waals surface area contributed by atoms with Gasteiger partial charge in [-0.15, -0.1) is 0 Å². The zero-order chi connectivity index (χ0) is 28.0. The van der Waals surface area contributed by atoms with E-state index in [-0.39, 0.29) is 6.04 Å². The number of anilines is 1. The van der Waals surface area contributed by atoms with Gasteiger partial charge < -0.3 is 19.9 Å². The lowest BCUT2D eigenvalue weighted by atomic mass is 9.92. The van der Waals surface area contributed by atoms with Crippen molar-refractivity contribution in [3.63, 3.8) is 0 Å². The van der Waals surface area contributed by atoms with Crippen molar-refractivity contribution in [3.05, 3.63) is 53.4 Å². The number of alkyl halides is 3. The summed E-state index contributed by atoms with van der Waals surface area (Å²) in [5, 5.41) is 0. The molecule has 3 fully saturated rings. The first-order chi connectivity index (χ1) is 19.3. The van der Waals surface area contributed by atoms with Gasteiger partial charge in [-0.3, -0.25) is 4.99 Å². The molecule has 0 spiro atoms. The number of halogens is 3. The van der Waals surface area contributed by atoms with Crippen LogP contribution >= 0.6 is 0 Å². The molecule has 9 nitrogen and oxygen atoms in total. The number of methoxy groups -OCH3 is 1. The van der Waals surface area contributed by atoms with E-state index in [1.807, 2.05) is 6.07 Å². The predicted octanol–water partition coefficient (Wildman–Crippen LogP) is 5.02. The average molecular weight is 553 g/mol. The molecule has 3 aliphatic rings. The molecule has 40 heavy (non-hydrogen) atoms. The average Bonchev–Trinajstić information content (AvgIpc) is 3.69. The fourth-order valence-electron chi connectivity index (χ4n) is 5.44. The highest BCUT2D eigenvalue weighted by Gasteiger charge is 2.37. The molecule has 12 heteroatoms. The number of hydrogen-bond acceptors (Lipinski definition) is 8. The zero-order valence-corrected chi connectivity index (χ0v) is 22.4. The van der Waals surface area contributed by atoms with Crippen molar-refractivity contribution in [2.75, 3.05) is 32.1 Å². The van der Waals surface area contributed by atoms with Gasteiger partial charge in [-0.05, 0) is 44.2 Å². The number of imidazole rings is 1. The second kappa shape index (κ2) is 10.2. The highest BCUT2D eigenvalue weighted by atomic mass is 19.4. The van der Waals surface area contributed by atoms with Gasteiger partial charge in [-0.25, -0.2) is 19.9 Å². The van der Waals surface area contributed by atoms with Gasteiger partial charge in [0, 0.05) is 67.8 Å². The molecule has 0 amide bonds. The van der Waals surface area contributed by atoms with Crippen LogP contribution in [-0.4, -0.2) is 57.5 Å². The third-order valence-corrected chi connectivity index (χ3v) is 8.00. The van der Waals surface area contributed by atoms with Crippen LogP contribution in [0.25, 0.3) is 17.1 Å². The minimum absolute atomic E-state index is 0.0299. The molecule has 3 aromatic heterocycles. The van der Waals surface area contributed by atoms with Crippen LogP contribution in [0.5, 0.6) is 5.88 Å². The topological polar surface area (TPSA) is 107 Å². The lowest BCUT2D eigenvalue weighted by molar-refractivity contribution is -0.140. The van der Waals surface area contributed by atoms with Gasteiger partial charge in [0.25, 0.3) is 0 Å². The Morgan fingerprint density at radius 3 is 2.52 bits per heavy atom. The summed E-state index contributed by atoms with van der Waals surface area (Å²) in [6.07, 6.45) is 5.19.